The standard InChI is InChI=1S/C20H15ClF6N2O4/c21-13-6-5-11(19(22,23)24)9-15(13)29-16(30)7-8-18(32)33-10-17(31)28-14-4-2-1-3-12(14)20(25,26)27/h1-6,9H,7-8,10H2,(H,28,31)(H,29,30). The van der Waals surface area contributed by atoms with E-state index in [-0.39, 0.29) is 10.7 Å². The number of carbonyl (C=O) groups is 3. The molecule has 0 aliphatic carbocycles. The van der Waals surface area contributed by atoms with E-state index in [1.807, 2.05) is 5.32 Å². The molecule has 0 bridgehead atoms. The lowest BCUT2D eigenvalue weighted by molar-refractivity contribution is -0.148. The first-order valence-corrected chi connectivity index (χ1v) is 9.43. The number of ether oxygens (including phenoxy) is 1. The quantitative estimate of drug-likeness (QED) is 0.403. The first kappa shape index (κ1) is 26.0. The van der Waals surface area contributed by atoms with Crippen LogP contribution in [0.3, 0.4) is 0 Å². The van der Waals surface area contributed by atoms with Crippen molar-refractivity contribution in [3.8, 4) is 0 Å². The van der Waals surface area contributed by atoms with Crippen molar-refractivity contribution in [3.05, 3.63) is 58.6 Å². The maximum absolute atomic E-state index is 12.9. The van der Waals surface area contributed by atoms with E-state index in [2.05, 4.69) is 10.1 Å². The molecule has 0 unspecified atom stereocenters. The number of halogens is 7. The molecule has 0 spiro atoms. The second-order valence-corrected chi connectivity index (χ2v) is 6.90. The number of amides is 2. The van der Waals surface area contributed by atoms with Crippen molar-refractivity contribution < 1.29 is 45.5 Å². The first-order chi connectivity index (χ1) is 15.3. The fourth-order valence-electron chi connectivity index (χ4n) is 2.47. The summed E-state index contributed by atoms with van der Waals surface area (Å²) < 4.78 is 81.6. The predicted octanol–water partition coefficient (Wildman–Crippen LogP) is 5.28. The predicted molar refractivity (Wildman–Crippen MR) is 105 cm³/mol. The molecule has 13 heteroatoms. The molecular weight excluding hydrogens is 482 g/mol. The van der Waals surface area contributed by atoms with Crippen LogP contribution >= 0.6 is 11.6 Å². The summed E-state index contributed by atoms with van der Waals surface area (Å²) in [5.74, 6) is -2.92. The maximum atomic E-state index is 12.9. The van der Waals surface area contributed by atoms with Gasteiger partial charge in [-0.1, -0.05) is 23.7 Å². The van der Waals surface area contributed by atoms with Crippen molar-refractivity contribution in [1.29, 1.82) is 0 Å². The molecule has 2 aromatic carbocycles. The molecule has 0 saturated carbocycles. The highest BCUT2D eigenvalue weighted by Gasteiger charge is 2.33. The lowest BCUT2D eigenvalue weighted by Gasteiger charge is -2.13. The molecule has 0 heterocycles. The van der Waals surface area contributed by atoms with Gasteiger partial charge in [0.15, 0.2) is 6.61 Å². The lowest BCUT2D eigenvalue weighted by Crippen LogP contribution is -2.23. The molecule has 0 aliphatic rings. The van der Waals surface area contributed by atoms with E-state index in [0.717, 1.165) is 30.3 Å². The summed E-state index contributed by atoms with van der Waals surface area (Å²) in [7, 11) is 0. The fraction of sp³-hybridized carbons (Fsp3) is 0.250. The van der Waals surface area contributed by atoms with Gasteiger partial charge < -0.3 is 15.4 Å². The number of anilines is 2. The number of hydrogen-bond acceptors (Lipinski definition) is 4. The zero-order chi connectivity index (χ0) is 24.8. The summed E-state index contributed by atoms with van der Waals surface area (Å²) >= 11 is 5.75. The largest absolute Gasteiger partial charge is 0.456 e. The number of carbonyl (C=O) groups excluding carboxylic acids is 3. The Hall–Kier alpha value is -3.28. The Morgan fingerprint density at radius 2 is 1.45 bits per heavy atom. The van der Waals surface area contributed by atoms with Crippen LogP contribution in [0.2, 0.25) is 5.02 Å². The van der Waals surface area contributed by atoms with Gasteiger partial charge in [-0.3, -0.25) is 14.4 Å². The normalized spacial score (nSPS) is 11.6. The monoisotopic (exact) mass is 496 g/mol. The van der Waals surface area contributed by atoms with Crippen LogP contribution in [0.15, 0.2) is 42.5 Å². The Morgan fingerprint density at radius 3 is 2.09 bits per heavy atom. The molecule has 0 fully saturated rings. The smallest absolute Gasteiger partial charge is 0.418 e. The third kappa shape index (κ3) is 7.97. The highest BCUT2D eigenvalue weighted by Crippen LogP contribution is 2.35. The molecule has 2 aromatic rings. The second-order valence-electron chi connectivity index (χ2n) is 6.49. The minimum absolute atomic E-state index is 0.158. The SMILES string of the molecule is O=C(CCC(=O)OCC(=O)Nc1ccccc1C(F)(F)F)Nc1cc(C(F)(F)F)ccc1Cl. The number of alkyl halides is 6. The highest BCUT2D eigenvalue weighted by atomic mass is 35.5. The molecule has 178 valence electrons. The molecular formula is C20H15ClF6N2O4. The van der Waals surface area contributed by atoms with E-state index >= 15 is 0 Å². The Kier molecular flexibility index (Phi) is 8.31. The zero-order valence-corrected chi connectivity index (χ0v) is 17.2. The van der Waals surface area contributed by atoms with Crippen LogP contribution in [0, 0.1) is 0 Å². The van der Waals surface area contributed by atoms with Gasteiger partial charge in [-0.2, -0.15) is 26.3 Å². The molecule has 2 amide bonds. The van der Waals surface area contributed by atoms with Gasteiger partial charge in [-0.25, -0.2) is 0 Å². The minimum atomic E-state index is -4.71. The van der Waals surface area contributed by atoms with Crippen LogP contribution in [0.5, 0.6) is 0 Å². The van der Waals surface area contributed by atoms with Gasteiger partial charge >= 0.3 is 18.3 Å². The van der Waals surface area contributed by atoms with Crippen molar-refractivity contribution in [1.82, 2.24) is 0 Å². The van der Waals surface area contributed by atoms with E-state index in [1.165, 1.54) is 6.07 Å². The van der Waals surface area contributed by atoms with Crippen molar-refractivity contribution in [3.63, 3.8) is 0 Å². The van der Waals surface area contributed by atoms with E-state index in [9.17, 15) is 40.7 Å². The average Bonchev–Trinajstić information content (AvgIpc) is 2.71. The highest BCUT2D eigenvalue weighted by molar-refractivity contribution is 6.33. The number of rotatable bonds is 7. The zero-order valence-electron chi connectivity index (χ0n) is 16.4. The van der Waals surface area contributed by atoms with E-state index in [4.69, 9.17) is 11.6 Å². The Morgan fingerprint density at radius 1 is 0.818 bits per heavy atom. The lowest BCUT2D eigenvalue weighted by atomic mass is 10.1. The maximum Gasteiger partial charge on any atom is 0.418 e. The van der Waals surface area contributed by atoms with E-state index < -0.39 is 66.4 Å². The number of hydrogen-bond donors (Lipinski definition) is 2. The fourth-order valence-corrected chi connectivity index (χ4v) is 2.63. The van der Waals surface area contributed by atoms with Gasteiger partial charge in [0.1, 0.15) is 0 Å². The summed E-state index contributed by atoms with van der Waals surface area (Å²) in [6.45, 7) is -0.911. The third-order valence-corrected chi connectivity index (χ3v) is 4.32. The molecule has 0 saturated heterocycles. The van der Waals surface area contributed by atoms with Crippen LogP contribution < -0.4 is 10.6 Å². The van der Waals surface area contributed by atoms with Gasteiger partial charge in [0.05, 0.1) is 33.9 Å². The summed E-state index contributed by atoms with van der Waals surface area (Å²) in [6, 6.07) is 6.49. The minimum Gasteiger partial charge on any atom is -0.456 e. The Balaban J connectivity index is 1.83. The van der Waals surface area contributed by atoms with Gasteiger partial charge in [-0.05, 0) is 30.3 Å². The van der Waals surface area contributed by atoms with Crippen molar-refractivity contribution in [2.75, 3.05) is 17.2 Å². The first-order valence-electron chi connectivity index (χ1n) is 9.05. The van der Waals surface area contributed by atoms with Gasteiger partial charge in [0, 0.05) is 6.42 Å². The molecule has 2 N–H and O–H groups in total. The molecule has 0 atom stereocenters. The average molecular weight is 497 g/mol. The van der Waals surface area contributed by atoms with Gasteiger partial charge in [0.2, 0.25) is 5.91 Å². The summed E-state index contributed by atoms with van der Waals surface area (Å²) in [5.41, 5.74) is -2.97. The van der Waals surface area contributed by atoms with Crippen LogP contribution in [-0.2, 0) is 31.5 Å². The Labute approximate surface area is 187 Å². The van der Waals surface area contributed by atoms with Gasteiger partial charge in [0.25, 0.3) is 5.91 Å². The number of nitrogens with one attached hydrogen (secondary N) is 2. The van der Waals surface area contributed by atoms with Crippen molar-refractivity contribution in [2.24, 2.45) is 0 Å². The third-order valence-electron chi connectivity index (χ3n) is 3.99. The van der Waals surface area contributed by atoms with Gasteiger partial charge in [-0.15, -0.1) is 0 Å². The molecule has 0 radical (unpaired) electrons. The molecule has 0 aliphatic heterocycles. The van der Waals surface area contributed by atoms with Crippen LogP contribution in [0.25, 0.3) is 0 Å². The summed E-state index contributed by atoms with van der Waals surface area (Å²) in [5, 5.41) is 3.95. The van der Waals surface area contributed by atoms with Crippen LogP contribution in [0.1, 0.15) is 24.0 Å². The second kappa shape index (κ2) is 10.6. The topological polar surface area (TPSA) is 84.5 Å². The summed E-state index contributed by atoms with van der Waals surface area (Å²) in [6.07, 6.45) is -10.4. The van der Waals surface area contributed by atoms with Crippen molar-refractivity contribution >= 4 is 40.8 Å². The molecule has 0 aromatic heterocycles. The van der Waals surface area contributed by atoms with E-state index in [0.29, 0.717) is 6.07 Å². The van der Waals surface area contributed by atoms with Crippen molar-refractivity contribution in [2.45, 2.75) is 25.2 Å². The van der Waals surface area contributed by atoms with Crippen LogP contribution in [-0.4, -0.2) is 24.4 Å². The molecule has 6 nitrogen and oxygen atoms in total. The number of para-hydroxylation sites is 1. The van der Waals surface area contributed by atoms with Crippen LogP contribution in [0.4, 0.5) is 37.7 Å². The number of benzene rings is 2. The molecule has 2 rings (SSSR count). The number of esters is 1. The van der Waals surface area contributed by atoms with E-state index in [1.54, 1.807) is 0 Å². The summed E-state index contributed by atoms with van der Waals surface area (Å²) in [4.78, 5) is 35.4. The molecule has 33 heavy (non-hydrogen) atoms. The Bertz CT molecular complexity index is 1040.